The first-order valence-electron chi connectivity index (χ1n) is 7.25. The lowest BCUT2D eigenvalue weighted by Gasteiger charge is -2.08. The Morgan fingerprint density at radius 1 is 1.14 bits per heavy atom. The first kappa shape index (κ1) is 15.8. The normalized spacial score (nSPS) is 10.9. The zero-order valence-electron chi connectivity index (χ0n) is 12.8. The number of benzene rings is 2. The molecule has 2 aromatic rings. The fraction of sp³-hybridized carbons (Fsp3) is 0.222. The van der Waals surface area contributed by atoms with Gasteiger partial charge in [-0.1, -0.05) is 56.3 Å². The number of nitrogens with one attached hydrogen (secondary N) is 1. The molecular weight excluding hydrogens is 276 g/mol. The molecule has 0 heterocycles. The molecule has 0 unspecified atom stereocenters. The van der Waals surface area contributed by atoms with Crippen LogP contribution in [0.4, 0.5) is 0 Å². The Balaban J connectivity index is 1.77. The molecule has 0 aliphatic carbocycles. The number of hydrazone groups is 1. The lowest BCUT2D eigenvalue weighted by Crippen LogP contribution is -2.24. The third kappa shape index (κ3) is 5.05. The molecule has 1 N–H and O–H groups in total. The fourth-order valence-electron chi connectivity index (χ4n) is 1.85. The van der Waals surface area contributed by atoms with Crippen LogP contribution in [0.15, 0.2) is 59.7 Å². The number of nitrogens with zero attached hydrogens (tertiary/aromatic N) is 1. The third-order valence-corrected chi connectivity index (χ3v) is 3.12. The molecule has 0 atom stereocenters. The van der Waals surface area contributed by atoms with Crippen LogP contribution in [0.3, 0.4) is 0 Å². The van der Waals surface area contributed by atoms with Gasteiger partial charge in [0.1, 0.15) is 5.75 Å². The van der Waals surface area contributed by atoms with Crippen molar-refractivity contribution in [2.45, 2.75) is 19.8 Å². The molecule has 0 saturated carbocycles. The standard InChI is InChI=1S/C18H20N2O2/c1-14(2)16-8-10-17(11-9-16)22-13-18(21)20-19-12-15-6-4-3-5-7-15/h3-12,14H,13H2,1-2H3,(H,20,21)/b19-12+. The van der Waals surface area contributed by atoms with Crippen molar-refractivity contribution < 1.29 is 9.53 Å². The maximum absolute atomic E-state index is 11.6. The van der Waals surface area contributed by atoms with E-state index >= 15 is 0 Å². The van der Waals surface area contributed by atoms with Crippen LogP contribution in [0.2, 0.25) is 0 Å². The van der Waals surface area contributed by atoms with Crippen molar-refractivity contribution in [2.75, 3.05) is 6.61 Å². The highest BCUT2D eigenvalue weighted by Crippen LogP contribution is 2.18. The summed E-state index contributed by atoms with van der Waals surface area (Å²) in [5.74, 6) is 0.858. The summed E-state index contributed by atoms with van der Waals surface area (Å²) < 4.78 is 5.42. The summed E-state index contributed by atoms with van der Waals surface area (Å²) in [7, 11) is 0. The Morgan fingerprint density at radius 3 is 2.45 bits per heavy atom. The minimum absolute atomic E-state index is 0.0623. The minimum Gasteiger partial charge on any atom is -0.484 e. The van der Waals surface area contributed by atoms with E-state index in [-0.39, 0.29) is 12.5 Å². The molecule has 114 valence electrons. The van der Waals surface area contributed by atoms with Crippen molar-refractivity contribution in [1.82, 2.24) is 5.43 Å². The molecule has 1 amide bonds. The van der Waals surface area contributed by atoms with Gasteiger partial charge >= 0.3 is 0 Å². The lowest BCUT2D eigenvalue weighted by atomic mass is 10.0. The van der Waals surface area contributed by atoms with E-state index in [0.717, 1.165) is 5.56 Å². The summed E-state index contributed by atoms with van der Waals surface area (Å²) in [6.07, 6.45) is 1.59. The quantitative estimate of drug-likeness (QED) is 0.656. The second-order valence-corrected chi connectivity index (χ2v) is 5.22. The van der Waals surface area contributed by atoms with Gasteiger partial charge in [-0.05, 0) is 29.2 Å². The highest BCUT2D eigenvalue weighted by atomic mass is 16.5. The van der Waals surface area contributed by atoms with Gasteiger partial charge in [0, 0.05) is 0 Å². The van der Waals surface area contributed by atoms with Crippen molar-refractivity contribution in [2.24, 2.45) is 5.10 Å². The summed E-state index contributed by atoms with van der Waals surface area (Å²) in [6, 6.07) is 17.3. The van der Waals surface area contributed by atoms with Crippen molar-refractivity contribution in [3.05, 3.63) is 65.7 Å². The van der Waals surface area contributed by atoms with Crippen molar-refractivity contribution in [3.63, 3.8) is 0 Å². The first-order chi connectivity index (χ1) is 10.6. The average molecular weight is 296 g/mol. The van der Waals surface area contributed by atoms with Crippen LogP contribution >= 0.6 is 0 Å². The van der Waals surface area contributed by atoms with Crippen LogP contribution < -0.4 is 10.2 Å². The Bertz CT molecular complexity index is 619. The highest BCUT2D eigenvalue weighted by Gasteiger charge is 2.03. The maximum atomic E-state index is 11.6. The minimum atomic E-state index is -0.292. The zero-order valence-corrected chi connectivity index (χ0v) is 12.8. The Kier molecular flexibility index (Phi) is 5.72. The second-order valence-electron chi connectivity index (χ2n) is 5.22. The predicted octanol–water partition coefficient (Wildman–Crippen LogP) is 3.34. The maximum Gasteiger partial charge on any atom is 0.277 e. The number of ether oxygens (including phenoxy) is 1. The van der Waals surface area contributed by atoms with E-state index in [4.69, 9.17) is 4.74 Å². The largest absolute Gasteiger partial charge is 0.484 e. The Hall–Kier alpha value is -2.62. The molecule has 4 nitrogen and oxygen atoms in total. The van der Waals surface area contributed by atoms with Crippen LogP contribution in [0.1, 0.15) is 30.9 Å². The van der Waals surface area contributed by atoms with Gasteiger partial charge < -0.3 is 4.74 Å². The first-order valence-corrected chi connectivity index (χ1v) is 7.25. The number of hydrogen-bond acceptors (Lipinski definition) is 3. The number of carbonyl (C=O) groups is 1. The Morgan fingerprint density at radius 2 is 1.82 bits per heavy atom. The third-order valence-electron chi connectivity index (χ3n) is 3.12. The number of carbonyl (C=O) groups excluding carboxylic acids is 1. The summed E-state index contributed by atoms with van der Waals surface area (Å²) in [5.41, 5.74) is 4.60. The second kappa shape index (κ2) is 7.98. The SMILES string of the molecule is CC(C)c1ccc(OCC(=O)N/N=C/c2ccccc2)cc1. The number of hydrogen-bond donors (Lipinski definition) is 1. The molecule has 2 rings (SSSR count). The van der Waals surface area contributed by atoms with Gasteiger partial charge in [-0.3, -0.25) is 4.79 Å². The summed E-state index contributed by atoms with van der Waals surface area (Å²) in [5, 5.41) is 3.89. The van der Waals surface area contributed by atoms with Gasteiger partial charge in [0.05, 0.1) is 6.21 Å². The molecule has 4 heteroatoms. The van der Waals surface area contributed by atoms with Crippen LogP contribution in [0.5, 0.6) is 5.75 Å². The molecule has 0 saturated heterocycles. The van der Waals surface area contributed by atoms with Gasteiger partial charge in [-0.15, -0.1) is 0 Å². The van der Waals surface area contributed by atoms with Gasteiger partial charge in [0.15, 0.2) is 6.61 Å². The molecule has 0 bridgehead atoms. The van der Waals surface area contributed by atoms with Gasteiger partial charge in [0.25, 0.3) is 5.91 Å². The molecule has 0 aliphatic heterocycles. The van der Waals surface area contributed by atoms with Crippen molar-refractivity contribution in [3.8, 4) is 5.75 Å². The molecule has 22 heavy (non-hydrogen) atoms. The predicted molar refractivity (Wildman–Crippen MR) is 88.2 cm³/mol. The van der Waals surface area contributed by atoms with Crippen LogP contribution in [0, 0.1) is 0 Å². The fourth-order valence-corrected chi connectivity index (χ4v) is 1.85. The van der Waals surface area contributed by atoms with Gasteiger partial charge in [-0.2, -0.15) is 5.10 Å². The summed E-state index contributed by atoms with van der Waals surface area (Å²) >= 11 is 0. The molecule has 2 aromatic carbocycles. The molecule has 0 fully saturated rings. The van der Waals surface area contributed by atoms with E-state index in [0.29, 0.717) is 11.7 Å². The van der Waals surface area contributed by atoms with Crippen LogP contribution in [-0.4, -0.2) is 18.7 Å². The van der Waals surface area contributed by atoms with E-state index in [1.54, 1.807) is 6.21 Å². The van der Waals surface area contributed by atoms with E-state index in [1.165, 1.54) is 5.56 Å². The van der Waals surface area contributed by atoms with E-state index in [2.05, 4.69) is 24.4 Å². The number of rotatable bonds is 6. The van der Waals surface area contributed by atoms with Crippen LogP contribution in [-0.2, 0) is 4.79 Å². The van der Waals surface area contributed by atoms with Crippen LogP contribution in [0.25, 0.3) is 0 Å². The average Bonchev–Trinajstić information content (AvgIpc) is 2.54. The molecule has 0 aliphatic rings. The Labute approximate surface area is 130 Å². The van der Waals surface area contributed by atoms with Gasteiger partial charge in [-0.25, -0.2) is 5.43 Å². The lowest BCUT2D eigenvalue weighted by molar-refractivity contribution is -0.123. The highest BCUT2D eigenvalue weighted by molar-refractivity contribution is 5.82. The van der Waals surface area contributed by atoms with Crippen molar-refractivity contribution in [1.29, 1.82) is 0 Å². The zero-order chi connectivity index (χ0) is 15.8. The molecular formula is C18H20N2O2. The van der Waals surface area contributed by atoms with Crippen molar-refractivity contribution >= 4 is 12.1 Å². The number of amides is 1. The monoisotopic (exact) mass is 296 g/mol. The molecule has 0 radical (unpaired) electrons. The smallest absolute Gasteiger partial charge is 0.277 e. The molecule has 0 spiro atoms. The molecule has 0 aromatic heterocycles. The van der Waals surface area contributed by atoms with E-state index in [9.17, 15) is 4.79 Å². The van der Waals surface area contributed by atoms with Gasteiger partial charge in [0.2, 0.25) is 0 Å². The summed E-state index contributed by atoms with van der Waals surface area (Å²) in [4.78, 5) is 11.6. The van der Waals surface area contributed by atoms with E-state index in [1.807, 2.05) is 54.6 Å². The summed E-state index contributed by atoms with van der Waals surface area (Å²) in [6.45, 7) is 4.20. The van der Waals surface area contributed by atoms with E-state index < -0.39 is 0 Å². The topological polar surface area (TPSA) is 50.7 Å².